The maximum Gasteiger partial charge on any atom is 0.253 e. The fourth-order valence-electron chi connectivity index (χ4n) is 2.60. The van der Waals surface area contributed by atoms with Crippen LogP contribution in [0.15, 0.2) is 48.5 Å². The highest BCUT2D eigenvalue weighted by Gasteiger charge is 2.16. The second kappa shape index (κ2) is 5.93. The van der Waals surface area contributed by atoms with Crippen LogP contribution in [-0.2, 0) is 6.54 Å². The summed E-state index contributed by atoms with van der Waals surface area (Å²) >= 11 is 0. The summed E-state index contributed by atoms with van der Waals surface area (Å²) in [4.78, 5) is 15.7. The van der Waals surface area contributed by atoms with Gasteiger partial charge < -0.3 is 15.0 Å². The zero-order valence-electron chi connectivity index (χ0n) is 12.6. The van der Waals surface area contributed by atoms with E-state index < -0.39 is 0 Å². The largest absolute Gasteiger partial charge is 0.497 e. The first-order valence-electron chi connectivity index (χ1n) is 7.17. The van der Waals surface area contributed by atoms with Crippen molar-refractivity contribution >= 4 is 16.8 Å². The Hall–Kier alpha value is -2.75. The van der Waals surface area contributed by atoms with Crippen LogP contribution in [0.1, 0.15) is 21.6 Å². The number of nitrogens with one attached hydrogen (secondary N) is 2. The second-order valence-electron chi connectivity index (χ2n) is 5.20. The highest BCUT2D eigenvalue weighted by Crippen LogP contribution is 2.26. The number of hydrogen-bond donors (Lipinski definition) is 2. The van der Waals surface area contributed by atoms with Crippen LogP contribution in [0.25, 0.3) is 10.9 Å². The molecule has 0 radical (unpaired) electrons. The summed E-state index contributed by atoms with van der Waals surface area (Å²) in [5.74, 6) is 0.697. The van der Waals surface area contributed by atoms with Crippen molar-refractivity contribution in [2.45, 2.75) is 13.5 Å². The van der Waals surface area contributed by atoms with Crippen LogP contribution >= 0.6 is 0 Å². The summed E-state index contributed by atoms with van der Waals surface area (Å²) in [6.45, 7) is 2.42. The Morgan fingerprint density at radius 1 is 1.18 bits per heavy atom. The predicted molar refractivity (Wildman–Crippen MR) is 87.2 cm³/mol. The van der Waals surface area contributed by atoms with E-state index in [1.807, 2.05) is 55.5 Å². The third-order valence-electron chi connectivity index (χ3n) is 3.72. The monoisotopic (exact) mass is 294 g/mol. The molecule has 3 rings (SSSR count). The van der Waals surface area contributed by atoms with Gasteiger partial charge in [0.05, 0.1) is 18.2 Å². The minimum Gasteiger partial charge on any atom is -0.497 e. The molecule has 4 nitrogen and oxygen atoms in total. The molecule has 22 heavy (non-hydrogen) atoms. The van der Waals surface area contributed by atoms with Crippen LogP contribution in [0.3, 0.4) is 0 Å². The van der Waals surface area contributed by atoms with Crippen LogP contribution < -0.4 is 10.1 Å². The number of benzene rings is 2. The van der Waals surface area contributed by atoms with E-state index in [0.29, 0.717) is 12.1 Å². The highest BCUT2D eigenvalue weighted by molar-refractivity contribution is 6.08. The van der Waals surface area contributed by atoms with Crippen molar-refractivity contribution in [3.8, 4) is 5.75 Å². The number of aromatic amines is 1. The molecule has 0 fully saturated rings. The number of aromatic nitrogens is 1. The fraction of sp³-hybridized carbons (Fsp3) is 0.167. The zero-order valence-corrected chi connectivity index (χ0v) is 12.6. The summed E-state index contributed by atoms with van der Waals surface area (Å²) < 4.78 is 5.22. The van der Waals surface area contributed by atoms with E-state index in [1.54, 1.807) is 7.11 Å². The normalized spacial score (nSPS) is 10.6. The summed E-state index contributed by atoms with van der Waals surface area (Å²) in [6.07, 6.45) is 0. The molecule has 2 aromatic carbocycles. The van der Waals surface area contributed by atoms with Crippen LogP contribution in [-0.4, -0.2) is 18.0 Å². The summed E-state index contributed by atoms with van der Waals surface area (Å²) in [5.41, 5.74) is 3.53. The minimum absolute atomic E-state index is 0.0715. The van der Waals surface area contributed by atoms with Crippen LogP contribution in [0.4, 0.5) is 0 Å². The van der Waals surface area contributed by atoms with Crippen molar-refractivity contribution in [1.82, 2.24) is 10.3 Å². The van der Waals surface area contributed by atoms with Crippen LogP contribution in [0.5, 0.6) is 5.75 Å². The molecule has 0 bridgehead atoms. The number of amides is 1. The average molecular weight is 294 g/mol. The van der Waals surface area contributed by atoms with Crippen molar-refractivity contribution in [3.05, 3.63) is 65.4 Å². The predicted octanol–water partition coefficient (Wildman–Crippen LogP) is 3.41. The van der Waals surface area contributed by atoms with Gasteiger partial charge in [-0.2, -0.15) is 0 Å². The zero-order chi connectivity index (χ0) is 15.5. The number of H-pyrrole nitrogens is 1. The van der Waals surface area contributed by atoms with Gasteiger partial charge >= 0.3 is 0 Å². The number of carbonyl (C=O) groups is 1. The Kier molecular flexibility index (Phi) is 3.83. The molecule has 0 aliphatic rings. The SMILES string of the molecule is COc1ccc2c(C(=O)NCc3ccccc3)c(C)[nH]c2c1. The van der Waals surface area contributed by atoms with Gasteiger partial charge in [0.1, 0.15) is 5.75 Å². The van der Waals surface area contributed by atoms with E-state index >= 15 is 0 Å². The lowest BCUT2D eigenvalue weighted by Crippen LogP contribution is -2.23. The molecule has 0 unspecified atom stereocenters. The molecular formula is C18H18N2O2. The minimum atomic E-state index is -0.0715. The first-order valence-corrected chi connectivity index (χ1v) is 7.17. The Labute approximate surface area is 129 Å². The topological polar surface area (TPSA) is 54.1 Å². The van der Waals surface area contributed by atoms with Gasteiger partial charge in [-0.05, 0) is 24.6 Å². The van der Waals surface area contributed by atoms with E-state index in [1.165, 1.54) is 0 Å². The van der Waals surface area contributed by atoms with Crippen LogP contribution in [0.2, 0.25) is 0 Å². The molecule has 3 aromatic rings. The van der Waals surface area contributed by atoms with E-state index in [9.17, 15) is 4.79 Å². The number of carbonyl (C=O) groups excluding carboxylic acids is 1. The Morgan fingerprint density at radius 3 is 2.68 bits per heavy atom. The van der Waals surface area contributed by atoms with Gasteiger partial charge in [-0.1, -0.05) is 30.3 Å². The maximum atomic E-state index is 12.5. The van der Waals surface area contributed by atoms with Gasteiger partial charge in [0.15, 0.2) is 0 Å². The summed E-state index contributed by atoms with van der Waals surface area (Å²) in [5, 5.41) is 3.88. The molecule has 0 spiro atoms. The van der Waals surface area contributed by atoms with E-state index in [-0.39, 0.29) is 5.91 Å². The molecular weight excluding hydrogens is 276 g/mol. The molecule has 0 aliphatic heterocycles. The molecule has 0 saturated carbocycles. The van der Waals surface area contributed by atoms with Gasteiger partial charge in [-0.25, -0.2) is 0 Å². The Balaban J connectivity index is 1.86. The standard InChI is InChI=1S/C18H18N2O2/c1-12-17(15-9-8-14(22-2)10-16(15)20-12)18(21)19-11-13-6-4-3-5-7-13/h3-10,20H,11H2,1-2H3,(H,19,21). The van der Waals surface area contributed by atoms with E-state index in [0.717, 1.165) is 27.9 Å². The molecule has 0 atom stereocenters. The van der Waals surface area contributed by atoms with Crippen molar-refractivity contribution in [1.29, 1.82) is 0 Å². The van der Waals surface area contributed by atoms with Crippen LogP contribution in [0, 0.1) is 6.92 Å². The smallest absolute Gasteiger partial charge is 0.253 e. The van der Waals surface area contributed by atoms with Crippen molar-refractivity contribution in [2.75, 3.05) is 7.11 Å². The lowest BCUT2D eigenvalue weighted by molar-refractivity contribution is 0.0952. The summed E-state index contributed by atoms with van der Waals surface area (Å²) in [7, 11) is 1.63. The van der Waals surface area contributed by atoms with Gasteiger partial charge in [0.2, 0.25) is 0 Å². The molecule has 1 amide bonds. The number of aryl methyl sites for hydroxylation is 1. The van der Waals surface area contributed by atoms with Gasteiger partial charge in [-0.15, -0.1) is 0 Å². The molecule has 1 heterocycles. The second-order valence-corrected chi connectivity index (χ2v) is 5.20. The van der Waals surface area contributed by atoms with Gasteiger partial charge in [0, 0.05) is 23.7 Å². The molecule has 0 aliphatic carbocycles. The number of fused-ring (bicyclic) bond motifs is 1. The van der Waals surface area contributed by atoms with E-state index in [2.05, 4.69) is 10.3 Å². The Bertz CT molecular complexity index is 807. The highest BCUT2D eigenvalue weighted by atomic mass is 16.5. The molecule has 112 valence electrons. The molecule has 0 saturated heterocycles. The molecule has 1 aromatic heterocycles. The first-order chi connectivity index (χ1) is 10.7. The Morgan fingerprint density at radius 2 is 1.95 bits per heavy atom. The number of rotatable bonds is 4. The first kappa shape index (κ1) is 14.2. The average Bonchev–Trinajstić information content (AvgIpc) is 2.88. The summed E-state index contributed by atoms with van der Waals surface area (Å²) in [6, 6.07) is 15.5. The number of ether oxygens (including phenoxy) is 1. The van der Waals surface area contributed by atoms with Gasteiger partial charge in [-0.3, -0.25) is 4.79 Å². The van der Waals surface area contributed by atoms with E-state index in [4.69, 9.17) is 4.74 Å². The maximum absolute atomic E-state index is 12.5. The lowest BCUT2D eigenvalue weighted by atomic mass is 10.1. The quantitative estimate of drug-likeness (QED) is 0.774. The van der Waals surface area contributed by atoms with Crippen molar-refractivity contribution in [2.24, 2.45) is 0 Å². The third-order valence-corrected chi connectivity index (χ3v) is 3.72. The third kappa shape index (κ3) is 2.68. The molecule has 4 heteroatoms. The molecule has 2 N–H and O–H groups in total. The van der Waals surface area contributed by atoms with Crippen molar-refractivity contribution < 1.29 is 9.53 Å². The fourth-order valence-corrected chi connectivity index (χ4v) is 2.60. The number of methoxy groups -OCH3 is 1. The lowest BCUT2D eigenvalue weighted by Gasteiger charge is -2.06. The number of hydrogen-bond acceptors (Lipinski definition) is 2. The van der Waals surface area contributed by atoms with Gasteiger partial charge in [0.25, 0.3) is 5.91 Å². The van der Waals surface area contributed by atoms with Crippen molar-refractivity contribution in [3.63, 3.8) is 0 Å².